The molecule has 0 aliphatic carbocycles. The van der Waals surface area contributed by atoms with Crippen LogP contribution in [0, 0.1) is 5.82 Å². The molecule has 1 N–H and O–H groups in total. The molecule has 0 bridgehead atoms. The van der Waals surface area contributed by atoms with Crippen LogP contribution in [0.3, 0.4) is 0 Å². The molecule has 168 valence electrons. The summed E-state index contributed by atoms with van der Waals surface area (Å²) < 4.78 is 15.6. The number of benzene rings is 3. The van der Waals surface area contributed by atoms with Gasteiger partial charge in [-0.3, -0.25) is 18.7 Å². The molecule has 0 radical (unpaired) electrons. The SMILES string of the molecule is CC(C)c1cccc(NC(=O)Cn2c(=O)n(Cc3ccc(F)cc3)c(=O)c3ccccc32)c1. The van der Waals surface area contributed by atoms with Gasteiger partial charge in [0, 0.05) is 5.69 Å². The van der Waals surface area contributed by atoms with E-state index < -0.39 is 17.1 Å². The van der Waals surface area contributed by atoms with Crippen LogP contribution in [0.4, 0.5) is 10.1 Å². The maximum atomic E-state index is 13.3. The van der Waals surface area contributed by atoms with Gasteiger partial charge in [-0.15, -0.1) is 0 Å². The van der Waals surface area contributed by atoms with Gasteiger partial charge in [-0.05, 0) is 53.4 Å². The van der Waals surface area contributed by atoms with E-state index in [1.807, 2.05) is 18.2 Å². The Balaban J connectivity index is 1.71. The molecule has 3 aromatic carbocycles. The molecule has 0 fully saturated rings. The second-order valence-electron chi connectivity index (χ2n) is 8.23. The van der Waals surface area contributed by atoms with E-state index in [-0.39, 0.29) is 19.0 Å². The van der Waals surface area contributed by atoms with Gasteiger partial charge in [0.2, 0.25) is 5.91 Å². The van der Waals surface area contributed by atoms with Gasteiger partial charge in [0.25, 0.3) is 5.56 Å². The molecular formula is C26H24FN3O3. The molecule has 0 spiro atoms. The highest BCUT2D eigenvalue weighted by Gasteiger charge is 2.16. The maximum absolute atomic E-state index is 13.3. The highest BCUT2D eigenvalue weighted by atomic mass is 19.1. The summed E-state index contributed by atoms with van der Waals surface area (Å²) in [6.45, 7) is 3.85. The predicted molar refractivity (Wildman–Crippen MR) is 127 cm³/mol. The first-order valence-corrected chi connectivity index (χ1v) is 10.7. The molecule has 0 aliphatic rings. The van der Waals surface area contributed by atoms with Crippen molar-refractivity contribution in [3.63, 3.8) is 0 Å². The number of amides is 1. The van der Waals surface area contributed by atoms with E-state index in [4.69, 9.17) is 0 Å². The van der Waals surface area contributed by atoms with Crippen molar-refractivity contribution in [1.82, 2.24) is 9.13 Å². The molecule has 1 heterocycles. The Hall–Kier alpha value is -4.00. The average Bonchev–Trinajstić information content (AvgIpc) is 2.81. The van der Waals surface area contributed by atoms with Gasteiger partial charge in [-0.1, -0.05) is 50.2 Å². The van der Waals surface area contributed by atoms with E-state index in [0.717, 1.165) is 10.1 Å². The third kappa shape index (κ3) is 4.77. The maximum Gasteiger partial charge on any atom is 0.332 e. The van der Waals surface area contributed by atoms with Crippen molar-refractivity contribution in [2.75, 3.05) is 5.32 Å². The number of rotatable bonds is 6. The fraction of sp³-hybridized carbons (Fsp3) is 0.192. The van der Waals surface area contributed by atoms with Crippen molar-refractivity contribution < 1.29 is 9.18 Å². The van der Waals surface area contributed by atoms with Crippen molar-refractivity contribution in [1.29, 1.82) is 0 Å². The molecule has 1 aromatic heterocycles. The van der Waals surface area contributed by atoms with Crippen LogP contribution in [0.1, 0.15) is 30.9 Å². The molecule has 4 rings (SSSR count). The molecule has 0 saturated heterocycles. The van der Waals surface area contributed by atoms with Crippen LogP contribution < -0.4 is 16.6 Å². The number of anilines is 1. The number of nitrogens with one attached hydrogen (secondary N) is 1. The molecule has 0 unspecified atom stereocenters. The number of hydrogen-bond acceptors (Lipinski definition) is 3. The number of hydrogen-bond donors (Lipinski definition) is 1. The first kappa shape index (κ1) is 22.2. The Morgan fingerprint density at radius 3 is 2.39 bits per heavy atom. The zero-order chi connectivity index (χ0) is 23.5. The van der Waals surface area contributed by atoms with Crippen LogP contribution in [0.25, 0.3) is 10.9 Å². The second kappa shape index (κ2) is 9.24. The minimum absolute atomic E-state index is 0.0270. The summed E-state index contributed by atoms with van der Waals surface area (Å²) in [6, 6.07) is 19.8. The van der Waals surface area contributed by atoms with Crippen LogP contribution in [-0.2, 0) is 17.9 Å². The van der Waals surface area contributed by atoms with Crippen LogP contribution in [0.2, 0.25) is 0 Å². The largest absolute Gasteiger partial charge is 0.332 e. The van der Waals surface area contributed by atoms with Gasteiger partial charge in [0.15, 0.2) is 0 Å². The van der Waals surface area contributed by atoms with Gasteiger partial charge in [0.1, 0.15) is 12.4 Å². The average molecular weight is 445 g/mol. The third-order valence-electron chi connectivity index (χ3n) is 5.52. The quantitative estimate of drug-likeness (QED) is 0.485. The zero-order valence-electron chi connectivity index (χ0n) is 18.4. The highest BCUT2D eigenvalue weighted by Crippen LogP contribution is 2.18. The van der Waals surface area contributed by atoms with Gasteiger partial charge < -0.3 is 5.32 Å². The highest BCUT2D eigenvalue weighted by molar-refractivity contribution is 5.91. The van der Waals surface area contributed by atoms with E-state index in [1.165, 1.54) is 28.8 Å². The number of carbonyl (C=O) groups is 1. The second-order valence-corrected chi connectivity index (χ2v) is 8.23. The lowest BCUT2D eigenvalue weighted by atomic mass is 10.0. The minimum Gasteiger partial charge on any atom is -0.325 e. The van der Waals surface area contributed by atoms with E-state index in [1.54, 1.807) is 30.3 Å². The van der Waals surface area contributed by atoms with Crippen molar-refractivity contribution >= 4 is 22.5 Å². The summed E-state index contributed by atoms with van der Waals surface area (Å²) in [4.78, 5) is 39.2. The third-order valence-corrected chi connectivity index (χ3v) is 5.52. The predicted octanol–water partition coefficient (Wildman–Crippen LogP) is 4.11. The lowest BCUT2D eigenvalue weighted by Gasteiger charge is -2.15. The number of carbonyl (C=O) groups excluding carboxylic acids is 1. The Morgan fingerprint density at radius 2 is 1.67 bits per heavy atom. The smallest absolute Gasteiger partial charge is 0.325 e. The number of halogens is 1. The Labute approximate surface area is 189 Å². The monoisotopic (exact) mass is 445 g/mol. The normalized spacial score (nSPS) is 11.2. The molecular weight excluding hydrogens is 421 g/mol. The first-order chi connectivity index (χ1) is 15.8. The van der Waals surface area contributed by atoms with Crippen molar-refractivity contribution in [2.45, 2.75) is 32.9 Å². The summed E-state index contributed by atoms with van der Waals surface area (Å²) in [7, 11) is 0. The van der Waals surface area contributed by atoms with Gasteiger partial charge in [0.05, 0.1) is 17.4 Å². The number of fused-ring (bicyclic) bond motifs is 1. The summed E-state index contributed by atoms with van der Waals surface area (Å²) in [5, 5.41) is 3.17. The summed E-state index contributed by atoms with van der Waals surface area (Å²) >= 11 is 0. The lowest BCUT2D eigenvalue weighted by Crippen LogP contribution is -2.42. The van der Waals surface area contributed by atoms with Crippen LogP contribution in [-0.4, -0.2) is 15.0 Å². The fourth-order valence-electron chi connectivity index (χ4n) is 3.76. The molecule has 7 heteroatoms. The molecule has 0 saturated carbocycles. The minimum atomic E-state index is -0.603. The number of para-hydroxylation sites is 1. The molecule has 0 atom stereocenters. The van der Waals surface area contributed by atoms with Crippen LogP contribution >= 0.6 is 0 Å². The van der Waals surface area contributed by atoms with Crippen molar-refractivity contribution in [3.05, 3.63) is 111 Å². The van der Waals surface area contributed by atoms with Crippen molar-refractivity contribution in [3.8, 4) is 0 Å². The first-order valence-electron chi connectivity index (χ1n) is 10.7. The molecule has 1 amide bonds. The lowest BCUT2D eigenvalue weighted by molar-refractivity contribution is -0.116. The summed E-state index contributed by atoms with van der Waals surface area (Å²) in [5.74, 6) is -0.473. The molecule has 4 aromatic rings. The molecule has 0 aliphatic heterocycles. The van der Waals surface area contributed by atoms with Gasteiger partial charge in [-0.25, -0.2) is 9.18 Å². The molecule has 6 nitrogen and oxygen atoms in total. The van der Waals surface area contributed by atoms with E-state index >= 15 is 0 Å². The summed E-state index contributed by atoms with van der Waals surface area (Å²) in [5.41, 5.74) is 1.66. The van der Waals surface area contributed by atoms with Gasteiger partial charge >= 0.3 is 5.69 Å². The Morgan fingerprint density at radius 1 is 0.939 bits per heavy atom. The van der Waals surface area contributed by atoms with Crippen molar-refractivity contribution in [2.24, 2.45) is 0 Å². The topological polar surface area (TPSA) is 73.1 Å². The van der Waals surface area contributed by atoms with E-state index in [2.05, 4.69) is 19.2 Å². The van der Waals surface area contributed by atoms with E-state index in [0.29, 0.717) is 28.1 Å². The molecule has 33 heavy (non-hydrogen) atoms. The van der Waals surface area contributed by atoms with Crippen LogP contribution in [0.5, 0.6) is 0 Å². The van der Waals surface area contributed by atoms with E-state index in [9.17, 15) is 18.8 Å². The Bertz CT molecular complexity index is 1440. The number of aromatic nitrogens is 2. The van der Waals surface area contributed by atoms with Crippen LogP contribution in [0.15, 0.2) is 82.4 Å². The van der Waals surface area contributed by atoms with Gasteiger partial charge in [-0.2, -0.15) is 0 Å². The summed E-state index contributed by atoms with van der Waals surface area (Å²) in [6.07, 6.45) is 0. The zero-order valence-corrected chi connectivity index (χ0v) is 18.4. The standard InChI is InChI=1S/C26H24FN3O3/c1-17(2)19-6-5-7-21(14-19)28-24(31)16-29-23-9-4-3-8-22(23)25(32)30(26(29)33)15-18-10-12-20(27)13-11-18/h3-14,17H,15-16H2,1-2H3,(H,28,31). The fourth-order valence-corrected chi connectivity index (χ4v) is 3.76. The number of nitrogens with zero attached hydrogens (tertiary/aromatic N) is 2. The Kier molecular flexibility index (Phi) is 6.22.